The van der Waals surface area contributed by atoms with Crippen molar-refractivity contribution in [2.24, 2.45) is 11.3 Å². The highest BCUT2D eigenvalue weighted by atomic mass is 16.4. The fourth-order valence-corrected chi connectivity index (χ4v) is 1.73. The lowest BCUT2D eigenvalue weighted by Gasteiger charge is -2.31. The summed E-state index contributed by atoms with van der Waals surface area (Å²) in [6.07, 6.45) is 4.04. The van der Waals surface area contributed by atoms with E-state index in [0.29, 0.717) is 6.42 Å². The van der Waals surface area contributed by atoms with Crippen LogP contribution in [0, 0.1) is 11.3 Å². The topological polar surface area (TPSA) is 37.3 Å². The fourth-order valence-electron chi connectivity index (χ4n) is 1.73. The lowest BCUT2D eigenvalue weighted by Crippen LogP contribution is -2.35. The molecule has 0 spiro atoms. The van der Waals surface area contributed by atoms with Crippen molar-refractivity contribution in [2.45, 2.75) is 40.0 Å². The second-order valence-corrected chi connectivity index (χ2v) is 3.61. The minimum absolute atomic E-state index is 0.155. The molecule has 0 aliphatic rings. The third-order valence-corrected chi connectivity index (χ3v) is 2.92. The molecule has 0 aromatic carbocycles. The summed E-state index contributed by atoms with van der Waals surface area (Å²) in [5.41, 5.74) is -0.719. The van der Waals surface area contributed by atoms with E-state index in [1.807, 2.05) is 20.8 Å². The molecule has 0 fully saturated rings. The van der Waals surface area contributed by atoms with E-state index in [2.05, 4.69) is 6.58 Å². The van der Waals surface area contributed by atoms with E-state index in [1.54, 1.807) is 6.08 Å². The van der Waals surface area contributed by atoms with Crippen LogP contribution in [-0.4, -0.2) is 11.1 Å². The molecule has 2 atom stereocenters. The Kier molecular flexibility index (Phi) is 4.74. The molecule has 0 aromatic heterocycles. The molecule has 0 saturated heterocycles. The zero-order valence-corrected chi connectivity index (χ0v) is 8.84. The number of hydrogen-bond donors (Lipinski definition) is 1. The van der Waals surface area contributed by atoms with Crippen LogP contribution >= 0.6 is 0 Å². The summed E-state index contributed by atoms with van der Waals surface area (Å²) >= 11 is 0. The quantitative estimate of drug-likeness (QED) is 0.644. The maximum Gasteiger partial charge on any atom is 0.313 e. The van der Waals surface area contributed by atoms with Crippen LogP contribution in [-0.2, 0) is 4.79 Å². The molecule has 0 bridgehead atoms. The van der Waals surface area contributed by atoms with Crippen LogP contribution in [0.25, 0.3) is 0 Å². The van der Waals surface area contributed by atoms with Crippen LogP contribution in [0.2, 0.25) is 0 Å². The minimum Gasteiger partial charge on any atom is -0.481 e. The van der Waals surface area contributed by atoms with E-state index < -0.39 is 11.4 Å². The molecule has 0 heterocycles. The highest BCUT2D eigenvalue weighted by molar-refractivity contribution is 5.77. The Bertz CT molecular complexity index is 187. The Morgan fingerprint density at radius 1 is 1.62 bits per heavy atom. The van der Waals surface area contributed by atoms with Gasteiger partial charge in [-0.15, -0.1) is 6.58 Å². The number of carboxylic acid groups (broad SMARTS) is 1. The molecule has 2 heteroatoms. The van der Waals surface area contributed by atoms with Crippen LogP contribution in [0.4, 0.5) is 0 Å². The first-order valence-corrected chi connectivity index (χ1v) is 4.92. The monoisotopic (exact) mass is 184 g/mol. The SMILES string of the molecule is C=CC(CCC)(C(=O)O)C(C)CC. The van der Waals surface area contributed by atoms with Gasteiger partial charge in [-0.25, -0.2) is 0 Å². The lowest BCUT2D eigenvalue weighted by atomic mass is 9.72. The highest BCUT2D eigenvalue weighted by Gasteiger charge is 2.38. The smallest absolute Gasteiger partial charge is 0.313 e. The van der Waals surface area contributed by atoms with Gasteiger partial charge in [0, 0.05) is 0 Å². The van der Waals surface area contributed by atoms with E-state index in [-0.39, 0.29) is 5.92 Å². The Balaban J connectivity index is 4.85. The predicted octanol–water partition coefficient (Wildman–Crippen LogP) is 3.09. The van der Waals surface area contributed by atoms with Crippen molar-refractivity contribution >= 4 is 5.97 Å². The summed E-state index contributed by atoms with van der Waals surface area (Å²) in [4.78, 5) is 11.2. The first-order chi connectivity index (χ1) is 6.05. The first kappa shape index (κ1) is 12.2. The molecule has 13 heavy (non-hydrogen) atoms. The molecule has 0 aliphatic carbocycles. The maximum absolute atomic E-state index is 11.2. The van der Waals surface area contributed by atoms with Gasteiger partial charge in [-0.05, 0) is 12.3 Å². The maximum atomic E-state index is 11.2. The average molecular weight is 184 g/mol. The molecular formula is C11H20O2. The van der Waals surface area contributed by atoms with Gasteiger partial charge in [0.05, 0.1) is 5.41 Å². The van der Waals surface area contributed by atoms with E-state index in [4.69, 9.17) is 0 Å². The number of carboxylic acids is 1. The van der Waals surface area contributed by atoms with E-state index in [0.717, 1.165) is 12.8 Å². The molecule has 0 aromatic rings. The number of carbonyl (C=O) groups is 1. The third-order valence-electron chi connectivity index (χ3n) is 2.92. The molecule has 2 unspecified atom stereocenters. The van der Waals surface area contributed by atoms with Gasteiger partial charge >= 0.3 is 5.97 Å². The highest BCUT2D eigenvalue weighted by Crippen LogP contribution is 2.36. The van der Waals surface area contributed by atoms with Crippen molar-refractivity contribution in [1.29, 1.82) is 0 Å². The molecule has 0 radical (unpaired) electrons. The summed E-state index contributed by atoms with van der Waals surface area (Å²) in [6, 6.07) is 0. The Morgan fingerprint density at radius 2 is 2.15 bits per heavy atom. The zero-order valence-electron chi connectivity index (χ0n) is 8.84. The van der Waals surface area contributed by atoms with Crippen molar-refractivity contribution in [3.8, 4) is 0 Å². The lowest BCUT2D eigenvalue weighted by molar-refractivity contribution is -0.149. The molecule has 0 aliphatic heterocycles. The predicted molar refractivity (Wildman–Crippen MR) is 54.6 cm³/mol. The van der Waals surface area contributed by atoms with Crippen molar-refractivity contribution in [1.82, 2.24) is 0 Å². The van der Waals surface area contributed by atoms with Gasteiger partial charge in [0.2, 0.25) is 0 Å². The van der Waals surface area contributed by atoms with Gasteiger partial charge in [0.25, 0.3) is 0 Å². The Labute approximate surface area is 80.7 Å². The van der Waals surface area contributed by atoms with Crippen molar-refractivity contribution in [3.05, 3.63) is 12.7 Å². The van der Waals surface area contributed by atoms with Crippen LogP contribution < -0.4 is 0 Å². The van der Waals surface area contributed by atoms with Crippen molar-refractivity contribution in [3.63, 3.8) is 0 Å². The second-order valence-electron chi connectivity index (χ2n) is 3.61. The standard InChI is InChI=1S/C11H20O2/c1-5-8-11(7-3,10(12)13)9(4)6-2/h7,9H,3,5-6,8H2,1-2,4H3,(H,12,13). The van der Waals surface area contributed by atoms with Gasteiger partial charge < -0.3 is 5.11 Å². The Morgan fingerprint density at radius 3 is 2.38 bits per heavy atom. The van der Waals surface area contributed by atoms with Gasteiger partial charge in [0.1, 0.15) is 0 Å². The summed E-state index contributed by atoms with van der Waals surface area (Å²) in [5.74, 6) is -0.582. The summed E-state index contributed by atoms with van der Waals surface area (Å²) in [7, 11) is 0. The second kappa shape index (κ2) is 5.05. The molecule has 1 N–H and O–H groups in total. The molecule has 76 valence electrons. The molecular weight excluding hydrogens is 164 g/mol. The van der Waals surface area contributed by atoms with Crippen molar-refractivity contribution < 1.29 is 9.90 Å². The van der Waals surface area contributed by atoms with E-state index >= 15 is 0 Å². The molecule has 0 saturated carbocycles. The minimum atomic E-state index is -0.737. The summed E-state index contributed by atoms with van der Waals surface area (Å²) < 4.78 is 0. The van der Waals surface area contributed by atoms with Gasteiger partial charge in [0.15, 0.2) is 0 Å². The number of hydrogen-bond acceptors (Lipinski definition) is 1. The van der Waals surface area contributed by atoms with Gasteiger partial charge in [-0.3, -0.25) is 4.79 Å². The molecule has 2 nitrogen and oxygen atoms in total. The van der Waals surface area contributed by atoms with Gasteiger partial charge in [-0.2, -0.15) is 0 Å². The normalized spacial score (nSPS) is 17.5. The zero-order chi connectivity index (χ0) is 10.5. The Hall–Kier alpha value is -0.790. The average Bonchev–Trinajstić information content (AvgIpc) is 2.12. The molecule has 0 amide bonds. The van der Waals surface area contributed by atoms with Crippen LogP contribution in [0.15, 0.2) is 12.7 Å². The van der Waals surface area contributed by atoms with Crippen LogP contribution in [0.3, 0.4) is 0 Å². The number of rotatable bonds is 6. The summed E-state index contributed by atoms with van der Waals surface area (Å²) in [6.45, 7) is 9.66. The largest absolute Gasteiger partial charge is 0.481 e. The van der Waals surface area contributed by atoms with Crippen LogP contribution in [0.5, 0.6) is 0 Å². The van der Waals surface area contributed by atoms with Gasteiger partial charge in [-0.1, -0.05) is 39.7 Å². The first-order valence-electron chi connectivity index (χ1n) is 4.92. The number of aliphatic carboxylic acids is 1. The van der Waals surface area contributed by atoms with E-state index in [9.17, 15) is 9.90 Å². The fraction of sp³-hybridized carbons (Fsp3) is 0.727. The molecule has 0 rings (SSSR count). The summed E-state index contributed by atoms with van der Waals surface area (Å²) in [5, 5.41) is 9.19. The van der Waals surface area contributed by atoms with Crippen molar-refractivity contribution in [2.75, 3.05) is 0 Å². The van der Waals surface area contributed by atoms with E-state index in [1.165, 1.54) is 0 Å². The van der Waals surface area contributed by atoms with Crippen LogP contribution in [0.1, 0.15) is 40.0 Å². The third kappa shape index (κ3) is 2.33.